The molecule has 0 spiro atoms. The van der Waals surface area contributed by atoms with E-state index in [0.717, 1.165) is 19.3 Å². The monoisotopic (exact) mass is 181 g/mol. The molecule has 0 N–H and O–H groups in total. The Hall–Kier alpha value is -0.830. The first-order valence-electron chi connectivity index (χ1n) is 4.97. The average molecular weight is 181 g/mol. The summed E-state index contributed by atoms with van der Waals surface area (Å²) < 4.78 is 0. The number of hydrogen-bond acceptors (Lipinski definition) is 2. The molecule has 2 heterocycles. The molecule has 2 bridgehead atoms. The molecule has 1 saturated heterocycles. The van der Waals surface area contributed by atoms with Crippen molar-refractivity contribution in [3.05, 3.63) is 11.6 Å². The van der Waals surface area contributed by atoms with Gasteiger partial charge in [0.15, 0.2) is 0 Å². The lowest BCUT2D eigenvalue weighted by Crippen LogP contribution is -2.35. The second-order valence-corrected chi connectivity index (χ2v) is 3.65. The Balaban J connectivity index is 2.08. The summed E-state index contributed by atoms with van der Waals surface area (Å²) in [6.45, 7) is 1.26. The quantitative estimate of drug-likeness (QED) is 0.532. The fraction of sp³-hybridized carbons (Fsp3) is 0.700. The summed E-state index contributed by atoms with van der Waals surface area (Å²) in [5.41, 5.74) is 1.36. The molecule has 3 heteroatoms. The van der Waals surface area contributed by atoms with Crippen LogP contribution >= 0.6 is 0 Å². The first-order valence-corrected chi connectivity index (χ1v) is 4.97. The molecular weight excluding hydrogens is 166 g/mol. The number of nitrogens with zero attached hydrogens (tertiary/aromatic N) is 1. The molecule has 0 aromatic heterocycles. The second-order valence-electron chi connectivity index (χ2n) is 3.65. The van der Waals surface area contributed by atoms with Crippen molar-refractivity contribution in [2.45, 2.75) is 32.1 Å². The Bertz CT molecular complexity index is 235. The van der Waals surface area contributed by atoms with Crippen molar-refractivity contribution in [2.24, 2.45) is 0 Å². The molecule has 0 atom stereocenters. The molecule has 0 radical (unpaired) electrons. The Kier molecular flexibility index (Phi) is 2.64. The van der Waals surface area contributed by atoms with Crippen LogP contribution in [0.3, 0.4) is 0 Å². The average Bonchev–Trinajstić information content (AvgIpc) is 2.21. The van der Waals surface area contributed by atoms with Crippen molar-refractivity contribution in [3.8, 4) is 0 Å². The van der Waals surface area contributed by atoms with E-state index in [4.69, 9.17) is 4.84 Å². The maximum atomic E-state index is 11.5. The molecule has 2 rings (SSSR count). The zero-order chi connectivity index (χ0) is 9.10. The van der Waals surface area contributed by atoms with Gasteiger partial charge in [0.2, 0.25) is 5.91 Å². The van der Waals surface area contributed by atoms with Gasteiger partial charge in [-0.25, -0.2) is 5.06 Å². The summed E-state index contributed by atoms with van der Waals surface area (Å²) in [7, 11) is 0. The van der Waals surface area contributed by atoms with Crippen molar-refractivity contribution in [3.63, 3.8) is 0 Å². The third kappa shape index (κ3) is 2.10. The van der Waals surface area contributed by atoms with Gasteiger partial charge in [-0.05, 0) is 24.8 Å². The predicted octanol–water partition coefficient (Wildman–Crippen LogP) is 1.65. The lowest BCUT2D eigenvalue weighted by molar-refractivity contribution is -0.182. The number of fused-ring (bicyclic) bond motifs is 2. The van der Waals surface area contributed by atoms with Crippen LogP contribution in [0.25, 0.3) is 0 Å². The standard InChI is InChI=1S/C10H15NO2/c12-10-5-3-1-2-4-9-6-7-13-11(10)8-9/h6H,1-5,7-8H2. The van der Waals surface area contributed by atoms with Crippen LogP contribution in [0.4, 0.5) is 0 Å². The lowest BCUT2D eigenvalue weighted by atomic mass is 10.1. The van der Waals surface area contributed by atoms with Crippen molar-refractivity contribution >= 4 is 5.91 Å². The highest BCUT2D eigenvalue weighted by Gasteiger charge is 2.20. The van der Waals surface area contributed by atoms with Crippen LogP contribution in [-0.4, -0.2) is 24.1 Å². The van der Waals surface area contributed by atoms with Gasteiger partial charge in [0.05, 0.1) is 13.2 Å². The smallest absolute Gasteiger partial charge is 0.246 e. The Morgan fingerprint density at radius 1 is 1.23 bits per heavy atom. The molecule has 3 nitrogen and oxygen atoms in total. The number of amides is 1. The number of carbonyl (C=O) groups excluding carboxylic acids is 1. The van der Waals surface area contributed by atoms with E-state index in [1.165, 1.54) is 17.1 Å². The van der Waals surface area contributed by atoms with Gasteiger partial charge in [-0.1, -0.05) is 12.5 Å². The van der Waals surface area contributed by atoms with Crippen LogP contribution in [0.1, 0.15) is 32.1 Å². The molecule has 72 valence electrons. The van der Waals surface area contributed by atoms with Crippen molar-refractivity contribution in [1.29, 1.82) is 0 Å². The summed E-state index contributed by atoms with van der Waals surface area (Å²) in [4.78, 5) is 16.8. The van der Waals surface area contributed by atoms with Crippen LogP contribution in [0, 0.1) is 0 Å². The van der Waals surface area contributed by atoms with E-state index in [1.54, 1.807) is 0 Å². The molecule has 2 aliphatic heterocycles. The van der Waals surface area contributed by atoms with E-state index in [9.17, 15) is 4.79 Å². The van der Waals surface area contributed by atoms with Crippen molar-refractivity contribution < 1.29 is 9.63 Å². The van der Waals surface area contributed by atoms with Crippen LogP contribution < -0.4 is 0 Å². The third-order valence-electron chi connectivity index (χ3n) is 2.62. The maximum Gasteiger partial charge on any atom is 0.246 e. The van der Waals surface area contributed by atoms with Gasteiger partial charge in [0, 0.05) is 6.42 Å². The fourth-order valence-electron chi connectivity index (χ4n) is 1.81. The highest BCUT2D eigenvalue weighted by atomic mass is 16.7. The van der Waals surface area contributed by atoms with Crippen molar-refractivity contribution in [2.75, 3.05) is 13.2 Å². The first-order chi connectivity index (χ1) is 6.36. The number of carbonyl (C=O) groups is 1. The fourth-order valence-corrected chi connectivity index (χ4v) is 1.81. The lowest BCUT2D eigenvalue weighted by Gasteiger charge is -2.25. The molecule has 0 aliphatic carbocycles. The topological polar surface area (TPSA) is 29.5 Å². The molecule has 0 aromatic carbocycles. The summed E-state index contributed by atoms with van der Waals surface area (Å²) in [5.74, 6) is 0.146. The first kappa shape index (κ1) is 8.75. The molecular formula is C10H15NO2. The second kappa shape index (κ2) is 3.92. The Labute approximate surface area is 78.3 Å². The minimum Gasteiger partial charge on any atom is -0.273 e. The van der Waals surface area contributed by atoms with Crippen molar-refractivity contribution in [1.82, 2.24) is 5.06 Å². The minimum absolute atomic E-state index is 0.146. The van der Waals surface area contributed by atoms with Crippen LogP contribution in [0.2, 0.25) is 0 Å². The van der Waals surface area contributed by atoms with Gasteiger partial charge < -0.3 is 0 Å². The van der Waals surface area contributed by atoms with E-state index < -0.39 is 0 Å². The zero-order valence-electron chi connectivity index (χ0n) is 7.79. The van der Waals surface area contributed by atoms with E-state index in [-0.39, 0.29) is 5.91 Å². The summed E-state index contributed by atoms with van der Waals surface area (Å²) in [5, 5.41) is 1.53. The Morgan fingerprint density at radius 3 is 3.00 bits per heavy atom. The maximum absolute atomic E-state index is 11.5. The highest BCUT2D eigenvalue weighted by molar-refractivity contribution is 5.75. The zero-order valence-corrected chi connectivity index (χ0v) is 7.79. The van der Waals surface area contributed by atoms with E-state index in [1.807, 2.05) is 0 Å². The molecule has 1 amide bonds. The molecule has 13 heavy (non-hydrogen) atoms. The molecule has 1 fully saturated rings. The Morgan fingerprint density at radius 2 is 2.08 bits per heavy atom. The largest absolute Gasteiger partial charge is 0.273 e. The van der Waals surface area contributed by atoms with Crippen LogP contribution in [-0.2, 0) is 9.63 Å². The minimum atomic E-state index is 0.146. The summed E-state index contributed by atoms with van der Waals surface area (Å²) >= 11 is 0. The number of hydroxylamine groups is 2. The van der Waals surface area contributed by atoms with Crippen LogP contribution in [0.5, 0.6) is 0 Å². The summed E-state index contributed by atoms with van der Waals surface area (Å²) in [6, 6.07) is 0. The van der Waals surface area contributed by atoms with E-state index >= 15 is 0 Å². The van der Waals surface area contributed by atoms with Gasteiger partial charge in [-0.2, -0.15) is 0 Å². The van der Waals surface area contributed by atoms with Crippen LogP contribution in [0.15, 0.2) is 11.6 Å². The van der Waals surface area contributed by atoms with Gasteiger partial charge in [-0.3, -0.25) is 9.63 Å². The number of hydrogen-bond donors (Lipinski definition) is 0. The SMILES string of the molecule is O=C1CCCCCC2=CCON1C2. The van der Waals surface area contributed by atoms with Gasteiger partial charge in [-0.15, -0.1) is 0 Å². The highest BCUT2D eigenvalue weighted by Crippen LogP contribution is 2.19. The number of rotatable bonds is 0. The molecule has 0 unspecified atom stereocenters. The van der Waals surface area contributed by atoms with E-state index in [2.05, 4.69) is 6.08 Å². The third-order valence-corrected chi connectivity index (χ3v) is 2.62. The predicted molar refractivity (Wildman–Crippen MR) is 48.8 cm³/mol. The van der Waals surface area contributed by atoms with E-state index in [0.29, 0.717) is 19.6 Å². The molecule has 0 aromatic rings. The molecule has 2 aliphatic rings. The molecule has 0 saturated carbocycles. The van der Waals surface area contributed by atoms with Gasteiger partial charge in [0.25, 0.3) is 0 Å². The summed E-state index contributed by atoms with van der Waals surface area (Å²) in [6.07, 6.45) is 7.27. The van der Waals surface area contributed by atoms with Gasteiger partial charge >= 0.3 is 0 Å². The normalized spacial score (nSPS) is 24.5. The van der Waals surface area contributed by atoms with Gasteiger partial charge in [0.1, 0.15) is 0 Å².